The minimum absolute atomic E-state index is 0.189. The van der Waals surface area contributed by atoms with Crippen LogP contribution in [0.25, 0.3) is 0 Å². The van der Waals surface area contributed by atoms with Crippen LogP contribution >= 0.6 is 0 Å². The number of fused-ring (bicyclic) bond motifs is 1. The lowest BCUT2D eigenvalue weighted by atomic mass is 10.2. The van der Waals surface area contributed by atoms with Crippen LogP contribution in [0.5, 0.6) is 11.5 Å². The number of nitrogens with zero attached hydrogens (tertiary/aromatic N) is 3. The highest BCUT2D eigenvalue weighted by molar-refractivity contribution is 7.90. The standard InChI is InChI=1S/C17H17N3O4S/c1-20(17-14-6-4-5-7-16(14)25(21,22)19-17)18-11-12-8-9-13(23-2)10-15(12)24-3/h4-11H,1-3H3/b18-11-. The van der Waals surface area contributed by atoms with Gasteiger partial charge in [0, 0.05) is 24.2 Å². The summed E-state index contributed by atoms with van der Waals surface area (Å²) in [6.07, 6.45) is 1.58. The molecule has 0 saturated carbocycles. The molecule has 8 heteroatoms. The van der Waals surface area contributed by atoms with E-state index in [-0.39, 0.29) is 10.7 Å². The molecule has 130 valence electrons. The highest BCUT2D eigenvalue weighted by Gasteiger charge is 2.30. The minimum atomic E-state index is -3.67. The van der Waals surface area contributed by atoms with Crippen molar-refractivity contribution >= 4 is 22.1 Å². The lowest BCUT2D eigenvalue weighted by Crippen LogP contribution is -2.21. The fourth-order valence-electron chi connectivity index (χ4n) is 2.45. The molecule has 2 aromatic rings. The van der Waals surface area contributed by atoms with Gasteiger partial charge in [-0.1, -0.05) is 12.1 Å². The molecule has 2 aromatic carbocycles. The number of ether oxygens (including phenoxy) is 2. The lowest BCUT2D eigenvalue weighted by molar-refractivity contribution is 0.394. The second-order valence-electron chi connectivity index (χ2n) is 5.26. The summed E-state index contributed by atoms with van der Waals surface area (Å²) in [6.45, 7) is 0. The summed E-state index contributed by atoms with van der Waals surface area (Å²) in [5, 5.41) is 5.72. The molecule has 0 spiro atoms. The maximum atomic E-state index is 12.1. The Hall–Kier alpha value is -2.87. The van der Waals surface area contributed by atoms with Crippen molar-refractivity contribution in [2.24, 2.45) is 9.50 Å². The van der Waals surface area contributed by atoms with E-state index in [9.17, 15) is 8.42 Å². The van der Waals surface area contributed by atoms with Gasteiger partial charge in [0.1, 0.15) is 16.4 Å². The maximum Gasteiger partial charge on any atom is 0.285 e. The van der Waals surface area contributed by atoms with E-state index in [0.29, 0.717) is 17.1 Å². The first-order valence-electron chi connectivity index (χ1n) is 7.40. The number of hydrazone groups is 1. The second kappa shape index (κ2) is 6.56. The Balaban J connectivity index is 1.91. The molecule has 0 aliphatic carbocycles. The summed E-state index contributed by atoms with van der Waals surface area (Å²) < 4.78 is 38.5. The molecular weight excluding hydrogens is 342 g/mol. The van der Waals surface area contributed by atoms with Gasteiger partial charge in [-0.2, -0.15) is 13.5 Å². The van der Waals surface area contributed by atoms with Crippen LogP contribution < -0.4 is 9.47 Å². The van der Waals surface area contributed by atoms with E-state index in [1.807, 2.05) is 0 Å². The summed E-state index contributed by atoms with van der Waals surface area (Å²) in [5.41, 5.74) is 1.26. The van der Waals surface area contributed by atoms with Gasteiger partial charge in [-0.15, -0.1) is 4.40 Å². The fourth-order valence-corrected chi connectivity index (χ4v) is 3.68. The Bertz CT molecular complexity index is 968. The van der Waals surface area contributed by atoms with Gasteiger partial charge < -0.3 is 9.47 Å². The van der Waals surface area contributed by atoms with Crippen LogP contribution in [-0.2, 0) is 10.0 Å². The van der Waals surface area contributed by atoms with Gasteiger partial charge >= 0.3 is 0 Å². The summed E-state index contributed by atoms with van der Waals surface area (Å²) in [7, 11) is 1.10. The number of sulfonamides is 1. The first-order valence-corrected chi connectivity index (χ1v) is 8.84. The van der Waals surface area contributed by atoms with Crippen LogP contribution in [0.2, 0.25) is 0 Å². The molecule has 1 heterocycles. The molecule has 0 fully saturated rings. The summed E-state index contributed by atoms with van der Waals surface area (Å²) in [4.78, 5) is 0.189. The van der Waals surface area contributed by atoms with Crippen molar-refractivity contribution in [3.8, 4) is 11.5 Å². The van der Waals surface area contributed by atoms with E-state index < -0.39 is 10.0 Å². The Labute approximate surface area is 146 Å². The quantitative estimate of drug-likeness (QED) is 0.617. The Kier molecular flexibility index (Phi) is 4.45. The average molecular weight is 359 g/mol. The summed E-state index contributed by atoms with van der Waals surface area (Å²) >= 11 is 0. The molecule has 0 atom stereocenters. The number of rotatable bonds is 4. The molecule has 25 heavy (non-hydrogen) atoms. The summed E-state index contributed by atoms with van der Waals surface area (Å²) in [6, 6.07) is 12.0. The first-order chi connectivity index (χ1) is 12.0. The predicted molar refractivity (Wildman–Crippen MR) is 95.1 cm³/mol. The third-order valence-corrected chi connectivity index (χ3v) is 5.05. The lowest BCUT2D eigenvalue weighted by Gasteiger charge is -2.13. The smallest absolute Gasteiger partial charge is 0.285 e. The Morgan fingerprint density at radius 2 is 1.88 bits per heavy atom. The molecule has 1 aliphatic rings. The molecule has 3 rings (SSSR count). The number of hydrogen-bond donors (Lipinski definition) is 0. The molecule has 0 amide bonds. The van der Waals surface area contributed by atoms with Crippen molar-refractivity contribution in [2.75, 3.05) is 21.3 Å². The van der Waals surface area contributed by atoms with Gasteiger partial charge in [0.2, 0.25) is 0 Å². The van der Waals surface area contributed by atoms with Crippen LogP contribution in [0.15, 0.2) is 56.9 Å². The van der Waals surface area contributed by atoms with Crippen LogP contribution in [0, 0.1) is 0 Å². The zero-order chi connectivity index (χ0) is 18.0. The number of methoxy groups -OCH3 is 2. The second-order valence-corrected chi connectivity index (χ2v) is 6.83. The van der Waals surface area contributed by atoms with Crippen molar-refractivity contribution in [3.05, 3.63) is 53.6 Å². The van der Waals surface area contributed by atoms with Crippen molar-refractivity contribution < 1.29 is 17.9 Å². The Morgan fingerprint density at radius 3 is 2.60 bits per heavy atom. The van der Waals surface area contributed by atoms with Crippen molar-refractivity contribution in [1.29, 1.82) is 0 Å². The van der Waals surface area contributed by atoms with Gasteiger partial charge in [0.15, 0.2) is 5.84 Å². The van der Waals surface area contributed by atoms with E-state index in [1.165, 1.54) is 11.1 Å². The highest BCUT2D eigenvalue weighted by atomic mass is 32.2. The monoisotopic (exact) mass is 359 g/mol. The van der Waals surface area contributed by atoms with Gasteiger partial charge in [-0.3, -0.25) is 0 Å². The van der Waals surface area contributed by atoms with E-state index in [4.69, 9.17) is 9.47 Å². The molecule has 0 radical (unpaired) electrons. The van der Waals surface area contributed by atoms with Crippen LogP contribution in [0.4, 0.5) is 0 Å². The number of hydrogen-bond acceptors (Lipinski definition) is 6. The SMILES string of the molecule is COc1ccc(/C=N\N(C)C2=NS(=O)(=O)c3ccccc32)c(OC)c1. The highest BCUT2D eigenvalue weighted by Crippen LogP contribution is 2.27. The number of benzene rings is 2. The first kappa shape index (κ1) is 17.0. The van der Waals surface area contributed by atoms with Gasteiger partial charge in [-0.25, -0.2) is 5.01 Å². The molecule has 0 unspecified atom stereocenters. The van der Waals surface area contributed by atoms with E-state index in [1.54, 1.807) is 63.9 Å². The van der Waals surface area contributed by atoms with Crippen molar-refractivity contribution in [2.45, 2.75) is 4.90 Å². The zero-order valence-electron chi connectivity index (χ0n) is 14.0. The van der Waals surface area contributed by atoms with E-state index in [2.05, 4.69) is 9.50 Å². The Morgan fingerprint density at radius 1 is 1.12 bits per heavy atom. The average Bonchev–Trinajstić information content (AvgIpc) is 2.91. The maximum absolute atomic E-state index is 12.1. The fraction of sp³-hybridized carbons (Fsp3) is 0.176. The molecule has 0 aromatic heterocycles. The van der Waals surface area contributed by atoms with Crippen LogP contribution in [0.1, 0.15) is 11.1 Å². The van der Waals surface area contributed by atoms with Crippen LogP contribution in [-0.4, -0.2) is 46.7 Å². The van der Waals surface area contributed by atoms with Crippen molar-refractivity contribution in [3.63, 3.8) is 0 Å². The largest absolute Gasteiger partial charge is 0.497 e. The zero-order valence-corrected chi connectivity index (χ0v) is 14.8. The topological polar surface area (TPSA) is 80.6 Å². The summed E-state index contributed by atoms with van der Waals surface area (Å²) in [5.74, 6) is 1.54. The molecular formula is C17H17N3O4S. The van der Waals surface area contributed by atoms with Crippen LogP contribution in [0.3, 0.4) is 0 Å². The predicted octanol–water partition coefficient (Wildman–Crippen LogP) is 2.12. The molecule has 0 N–H and O–H groups in total. The third kappa shape index (κ3) is 3.20. The minimum Gasteiger partial charge on any atom is -0.497 e. The molecule has 0 bridgehead atoms. The van der Waals surface area contributed by atoms with Gasteiger partial charge in [0.25, 0.3) is 10.0 Å². The third-order valence-electron chi connectivity index (χ3n) is 3.73. The normalized spacial score (nSPS) is 14.9. The molecule has 7 nitrogen and oxygen atoms in total. The van der Waals surface area contributed by atoms with E-state index >= 15 is 0 Å². The van der Waals surface area contributed by atoms with Gasteiger partial charge in [0.05, 0.1) is 20.4 Å². The molecule has 0 saturated heterocycles. The van der Waals surface area contributed by atoms with E-state index in [0.717, 1.165) is 5.56 Å². The molecule has 1 aliphatic heterocycles. The van der Waals surface area contributed by atoms with Crippen molar-refractivity contribution in [1.82, 2.24) is 5.01 Å². The number of amidine groups is 1. The van der Waals surface area contributed by atoms with Gasteiger partial charge in [-0.05, 0) is 24.3 Å².